The summed E-state index contributed by atoms with van der Waals surface area (Å²) in [6.45, 7) is 5.97. The van der Waals surface area contributed by atoms with Gasteiger partial charge in [-0.15, -0.1) is 18.3 Å². The van der Waals surface area contributed by atoms with E-state index < -0.39 is 0 Å². The normalized spacial score (nSPS) is 21.1. The zero-order chi connectivity index (χ0) is 10.8. The van der Waals surface area contributed by atoms with Gasteiger partial charge in [0.1, 0.15) is 0 Å². The van der Waals surface area contributed by atoms with E-state index in [-0.39, 0.29) is 6.04 Å². The second-order valence-corrected chi connectivity index (χ2v) is 5.57. The van der Waals surface area contributed by atoms with E-state index in [1.807, 2.05) is 18.7 Å². The van der Waals surface area contributed by atoms with Crippen LogP contribution in [0.4, 0.5) is 0 Å². The predicted octanol–water partition coefficient (Wildman–Crippen LogP) is 3.00. The van der Waals surface area contributed by atoms with Gasteiger partial charge in [-0.25, -0.2) is 0 Å². The second-order valence-electron chi connectivity index (χ2n) is 4.29. The van der Waals surface area contributed by atoms with Gasteiger partial charge in [-0.3, -0.25) is 0 Å². The molecule has 2 N–H and O–H groups in total. The molecule has 2 heteroatoms. The van der Waals surface area contributed by atoms with Crippen LogP contribution in [-0.4, -0.2) is 11.3 Å². The molecule has 2 rings (SSSR count). The topological polar surface area (TPSA) is 26.0 Å². The molecule has 0 saturated heterocycles. The van der Waals surface area contributed by atoms with Gasteiger partial charge in [-0.1, -0.05) is 23.8 Å². The maximum Gasteiger partial charge on any atom is 0.0290 e. The van der Waals surface area contributed by atoms with Gasteiger partial charge >= 0.3 is 0 Å². The minimum atomic E-state index is 0.236. The van der Waals surface area contributed by atoms with Crippen molar-refractivity contribution in [2.24, 2.45) is 5.73 Å². The van der Waals surface area contributed by atoms with Crippen LogP contribution in [0.1, 0.15) is 18.9 Å². The fraction of sp³-hybridized carbons (Fsp3) is 0.385. The molecule has 0 aliphatic carbocycles. The molecule has 0 radical (unpaired) electrons. The van der Waals surface area contributed by atoms with Crippen LogP contribution in [0.2, 0.25) is 0 Å². The van der Waals surface area contributed by atoms with Crippen LogP contribution in [0.5, 0.6) is 0 Å². The molecule has 2 atom stereocenters. The molecule has 0 spiro atoms. The fourth-order valence-corrected chi connectivity index (χ4v) is 3.30. The van der Waals surface area contributed by atoms with Crippen molar-refractivity contribution in [3.05, 3.63) is 42.0 Å². The lowest BCUT2D eigenvalue weighted by Crippen LogP contribution is -2.32. The summed E-state index contributed by atoms with van der Waals surface area (Å²) >= 11 is 1.92. The largest absolute Gasteiger partial charge is 0.326 e. The lowest BCUT2D eigenvalue weighted by atomic mass is 10.0. The van der Waals surface area contributed by atoms with E-state index >= 15 is 0 Å². The molecule has 0 bridgehead atoms. The Balaban J connectivity index is 2.03. The summed E-state index contributed by atoms with van der Waals surface area (Å²) in [6, 6.07) is 8.83. The summed E-state index contributed by atoms with van der Waals surface area (Å²) in [6.07, 6.45) is 2.04. The van der Waals surface area contributed by atoms with Crippen LogP contribution < -0.4 is 5.73 Å². The molecule has 1 nitrogen and oxygen atoms in total. The lowest BCUT2D eigenvalue weighted by Gasteiger charge is -2.17. The van der Waals surface area contributed by atoms with Crippen molar-refractivity contribution >= 4 is 11.8 Å². The Kier molecular flexibility index (Phi) is 3.17. The molecular formula is C13H17NS. The summed E-state index contributed by atoms with van der Waals surface area (Å²) in [5, 5.41) is 0.527. The Morgan fingerprint density at radius 3 is 3.00 bits per heavy atom. The van der Waals surface area contributed by atoms with Gasteiger partial charge < -0.3 is 5.73 Å². The first-order valence-electron chi connectivity index (χ1n) is 5.31. The zero-order valence-corrected chi connectivity index (χ0v) is 9.89. The van der Waals surface area contributed by atoms with Gasteiger partial charge in [0.05, 0.1) is 0 Å². The van der Waals surface area contributed by atoms with Gasteiger partial charge in [-0.05, 0) is 31.4 Å². The number of thioether (sulfide) groups is 1. The average molecular weight is 219 g/mol. The van der Waals surface area contributed by atoms with E-state index in [0.717, 1.165) is 12.8 Å². The van der Waals surface area contributed by atoms with E-state index in [1.54, 1.807) is 0 Å². The number of hydrogen-bond donors (Lipinski definition) is 1. The Labute approximate surface area is 95.8 Å². The van der Waals surface area contributed by atoms with Crippen molar-refractivity contribution < 1.29 is 0 Å². The SMILES string of the molecule is C=C(C)CC(N)C1Cc2ccccc2S1. The maximum absolute atomic E-state index is 6.18. The molecule has 1 aliphatic rings. The van der Waals surface area contributed by atoms with Crippen molar-refractivity contribution in [2.45, 2.75) is 36.0 Å². The smallest absolute Gasteiger partial charge is 0.0290 e. The van der Waals surface area contributed by atoms with Crippen LogP contribution in [0, 0.1) is 0 Å². The third-order valence-electron chi connectivity index (χ3n) is 2.73. The molecule has 1 heterocycles. The average Bonchev–Trinajstić information content (AvgIpc) is 2.59. The van der Waals surface area contributed by atoms with Gasteiger partial charge in [0.2, 0.25) is 0 Å². The first-order valence-corrected chi connectivity index (χ1v) is 6.19. The second kappa shape index (κ2) is 4.42. The van der Waals surface area contributed by atoms with E-state index in [2.05, 4.69) is 30.8 Å². The van der Waals surface area contributed by atoms with Crippen LogP contribution in [0.15, 0.2) is 41.3 Å². The van der Waals surface area contributed by atoms with E-state index in [0.29, 0.717) is 5.25 Å². The summed E-state index contributed by atoms with van der Waals surface area (Å²) < 4.78 is 0. The van der Waals surface area contributed by atoms with Crippen LogP contribution >= 0.6 is 11.8 Å². The standard InChI is InChI=1S/C13H17NS/c1-9(2)7-11(14)13-8-10-5-3-4-6-12(10)15-13/h3-6,11,13H,1,7-8,14H2,2H3. The molecule has 0 aromatic heterocycles. The van der Waals surface area contributed by atoms with Crippen LogP contribution in [0.3, 0.4) is 0 Å². The molecule has 1 aromatic carbocycles. The highest BCUT2D eigenvalue weighted by atomic mass is 32.2. The molecule has 1 aliphatic heterocycles. The highest BCUT2D eigenvalue weighted by Crippen LogP contribution is 2.38. The Morgan fingerprint density at radius 2 is 2.33 bits per heavy atom. The summed E-state index contributed by atoms with van der Waals surface area (Å²) in [5.74, 6) is 0. The van der Waals surface area contributed by atoms with E-state index in [4.69, 9.17) is 5.73 Å². The first-order chi connectivity index (χ1) is 7.16. The Hall–Kier alpha value is -0.730. The van der Waals surface area contributed by atoms with Crippen molar-refractivity contribution in [3.8, 4) is 0 Å². The molecule has 1 aromatic rings. The summed E-state index contributed by atoms with van der Waals surface area (Å²) in [5.41, 5.74) is 8.81. The monoisotopic (exact) mass is 219 g/mol. The molecule has 0 amide bonds. The van der Waals surface area contributed by atoms with Gasteiger partial charge in [0.25, 0.3) is 0 Å². The number of nitrogens with two attached hydrogens (primary N) is 1. The predicted molar refractivity (Wildman–Crippen MR) is 67.2 cm³/mol. The number of fused-ring (bicyclic) bond motifs is 1. The van der Waals surface area contributed by atoms with E-state index in [1.165, 1.54) is 16.0 Å². The quantitative estimate of drug-likeness (QED) is 0.791. The molecule has 0 saturated carbocycles. The molecular weight excluding hydrogens is 202 g/mol. The number of rotatable bonds is 3. The van der Waals surface area contributed by atoms with Gasteiger partial charge in [0, 0.05) is 16.2 Å². The van der Waals surface area contributed by atoms with Crippen molar-refractivity contribution in [3.63, 3.8) is 0 Å². The van der Waals surface area contributed by atoms with Crippen LogP contribution in [0.25, 0.3) is 0 Å². The Bertz CT molecular complexity index is 348. The van der Waals surface area contributed by atoms with Crippen molar-refractivity contribution in [1.82, 2.24) is 0 Å². The van der Waals surface area contributed by atoms with Crippen LogP contribution in [-0.2, 0) is 6.42 Å². The van der Waals surface area contributed by atoms with Crippen molar-refractivity contribution in [2.75, 3.05) is 0 Å². The fourth-order valence-electron chi connectivity index (χ4n) is 1.98. The molecule has 2 unspecified atom stereocenters. The maximum atomic E-state index is 6.18. The van der Waals surface area contributed by atoms with E-state index in [9.17, 15) is 0 Å². The number of benzene rings is 1. The Morgan fingerprint density at radius 1 is 1.60 bits per heavy atom. The van der Waals surface area contributed by atoms with Gasteiger partial charge in [-0.2, -0.15) is 0 Å². The third-order valence-corrected chi connectivity index (χ3v) is 4.20. The highest BCUT2D eigenvalue weighted by Gasteiger charge is 2.26. The number of hydrogen-bond acceptors (Lipinski definition) is 2. The minimum Gasteiger partial charge on any atom is -0.326 e. The molecule has 0 fully saturated rings. The minimum absolute atomic E-state index is 0.236. The third kappa shape index (κ3) is 2.44. The summed E-state index contributed by atoms with van der Waals surface area (Å²) in [4.78, 5) is 1.40. The molecule has 80 valence electrons. The lowest BCUT2D eigenvalue weighted by molar-refractivity contribution is 0.630. The first kappa shape index (κ1) is 10.8. The van der Waals surface area contributed by atoms with Crippen molar-refractivity contribution in [1.29, 1.82) is 0 Å². The highest BCUT2D eigenvalue weighted by molar-refractivity contribution is 8.00. The summed E-state index contributed by atoms with van der Waals surface area (Å²) in [7, 11) is 0. The zero-order valence-electron chi connectivity index (χ0n) is 9.07. The molecule has 15 heavy (non-hydrogen) atoms. The van der Waals surface area contributed by atoms with Gasteiger partial charge in [0.15, 0.2) is 0 Å².